The van der Waals surface area contributed by atoms with Gasteiger partial charge in [-0.25, -0.2) is 4.79 Å². The number of allylic oxidation sites excluding steroid dienone is 1. The van der Waals surface area contributed by atoms with Gasteiger partial charge < -0.3 is 14.9 Å². The second kappa shape index (κ2) is 7.92. The van der Waals surface area contributed by atoms with Gasteiger partial charge in [-0.2, -0.15) is 11.8 Å². The molecule has 1 aliphatic heterocycles. The lowest BCUT2D eigenvalue weighted by Crippen LogP contribution is -2.57. The highest BCUT2D eigenvalue weighted by molar-refractivity contribution is 8.00. The Labute approximate surface area is 167 Å². The molecule has 2 aliphatic carbocycles. The van der Waals surface area contributed by atoms with E-state index in [9.17, 15) is 15.0 Å². The van der Waals surface area contributed by atoms with Gasteiger partial charge in [-0.05, 0) is 61.2 Å². The Balaban J connectivity index is 1.91. The van der Waals surface area contributed by atoms with Crippen molar-refractivity contribution in [2.24, 2.45) is 22.7 Å². The van der Waals surface area contributed by atoms with Crippen molar-refractivity contribution in [3.8, 4) is 0 Å². The first-order valence-electron chi connectivity index (χ1n) is 10.2. The van der Waals surface area contributed by atoms with Crippen LogP contribution in [0.1, 0.15) is 52.9 Å². The summed E-state index contributed by atoms with van der Waals surface area (Å²) in [6, 6.07) is 0. The number of aliphatic hydroxyl groups is 2. The Kier molecular flexibility index (Phi) is 6.14. The maximum Gasteiger partial charge on any atom is 0.335 e. The summed E-state index contributed by atoms with van der Waals surface area (Å²) in [5.74, 6) is 1.31. The number of carbonyl (C=O) groups is 1. The molecule has 0 amide bonds. The van der Waals surface area contributed by atoms with Crippen LogP contribution in [0.3, 0.4) is 0 Å². The summed E-state index contributed by atoms with van der Waals surface area (Å²) < 4.78 is 5.17. The zero-order valence-electron chi connectivity index (χ0n) is 16.9. The summed E-state index contributed by atoms with van der Waals surface area (Å²) in [5, 5.41) is 20.9. The van der Waals surface area contributed by atoms with E-state index in [2.05, 4.69) is 20.4 Å². The van der Waals surface area contributed by atoms with Crippen LogP contribution in [0.25, 0.3) is 0 Å². The van der Waals surface area contributed by atoms with Gasteiger partial charge in [-0.3, -0.25) is 0 Å². The van der Waals surface area contributed by atoms with Crippen LogP contribution in [0, 0.1) is 22.7 Å². The Hall–Kier alpha value is -0.780. The van der Waals surface area contributed by atoms with Gasteiger partial charge in [0.2, 0.25) is 0 Å². The van der Waals surface area contributed by atoms with Crippen LogP contribution < -0.4 is 0 Å². The molecule has 2 saturated carbocycles. The highest BCUT2D eigenvalue weighted by Crippen LogP contribution is 2.62. The minimum atomic E-state index is -0.467. The van der Waals surface area contributed by atoms with Gasteiger partial charge in [0.05, 0.1) is 12.7 Å². The molecule has 0 radical (unpaired) electrons. The second-order valence-corrected chi connectivity index (χ2v) is 10.4. The van der Waals surface area contributed by atoms with E-state index in [-0.39, 0.29) is 35.1 Å². The molecule has 6 atom stereocenters. The van der Waals surface area contributed by atoms with Gasteiger partial charge in [0.15, 0.2) is 0 Å². The number of thioether (sulfide) groups is 1. The number of rotatable bonds is 6. The van der Waals surface area contributed by atoms with Crippen LogP contribution in [-0.4, -0.2) is 46.5 Å². The van der Waals surface area contributed by atoms with Crippen molar-refractivity contribution in [1.29, 1.82) is 0 Å². The number of aliphatic hydroxyl groups excluding tert-OH is 2. The maximum atomic E-state index is 12.2. The van der Waals surface area contributed by atoms with Crippen molar-refractivity contribution in [3.63, 3.8) is 0 Å². The molecular weight excluding hydrogens is 360 g/mol. The highest BCUT2D eigenvalue weighted by atomic mass is 32.2. The van der Waals surface area contributed by atoms with E-state index in [0.29, 0.717) is 13.0 Å². The molecule has 0 bridgehead atoms. The minimum Gasteiger partial charge on any atom is -0.458 e. The number of fused-ring (bicyclic) bond motifs is 1. The summed E-state index contributed by atoms with van der Waals surface area (Å²) in [6.07, 6.45) is 5.90. The van der Waals surface area contributed by atoms with Crippen LogP contribution >= 0.6 is 11.8 Å². The van der Waals surface area contributed by atoms with Crippen molar-refractivity contribution in [3.05, 3.63) is 23.8 Å². The van der Waals surface area contributed by atoms with E-state index in [1.54, 1.807) is 0 Å². The number of ether oxygens (including phenoxy) is 1. The lowest BCUT2D eigenvalue weighted by Gasteiger charge is -2.60. The zero-order valence-corrected chi connectivity index (χ0v) is 17.7. The van der Waals surface area contributed by atoms with Gasteiger partial charge in [-0.15, -0.1) is 0 Å². The predicted octanol–water partition coefficient (Wildman–Crippen LogP) is 3.72. The fraction of sp³-hybridized carbons (Fsp3) is 0.773. The largest absolute Gasteiger partial charge is 0.458 e. The molecule has 0 aromatic heterocycles. The fourth-order valence-electron chi connectivity index (χ4n) is 5.97. The van der Waals surface area contributed by atoms with E-state index < -0.39 is 11.5 Å². The third-order valence-electron chi connectivity index (χ3n) is 7.61. The number of cyclic esters (lactones) is 1. The van der Waals surface area contributed by atoms with Gasteiger partial charge in [0.1, 0.15) is 6.61 Å². The third kappa shape index (κ3) is 3.51. The van der Waals surface area contributed by atoms with Crippen LogP contribution in [0.5, 0.6) is 0 Å². The summed E-state index contributed by atoms with van der Waals surface area (Å²) in [5.41, 5.74) is 1.59. The summed E-state index contributed by atoms with van der Waals surface area (Å²) in [4.78, 5) is 12.2. The number of esters is 1. The van der Waals surface area contributed by atoms with E-state index in [1.807, 2.05) is 24.8 Å². The first-order valence-corrected chi connectivity index (χ1v) is 11.3. The molecule has 4 nitrogen and oxygen atoms in total. The molecule has 2 N–H and O–H groups in total. The summed E-state index contributed by atoms with van der Waals surface area (Å²) >= 11 is 1.81. The SMILES string of the molecule is C=C1CCC2[C@](C)(CO)C(O)CC[C@]2(C)[C@H]1CC(SCC)C1=CCOC1=O. The van der Waals surface area contributed by atoms with Gasteiger partial charge >= 0.3 is 5.97 Å². The van der Waals surface area contributed by atoms with E-state index in [1.165, 1.54) is 5.57 Å². The first-order chi connectivity index (χ1) is 12.8. The molecule has 3 rings (SSSR count). The number of carbonyl (C=O) groups excluding carboxylic acids is 1. The Morgan fingerprint density at radius 1 is 1.41 bits per heavy atom. The molecule has 0 spiro atoms. The smallest absolute Gasteiger partial charge is 0.335 e. The maximum absolute atomic E-state index is 12.2. The molecule has 0 aromatic rings. The standard InChI is InChI=1S/C22H34O4S/c1-5-27-17(15-9-11-26-20(15)25)12-16-14(2)6-7-18-21(16,3)10-8-19(24)22(18,4)13-23/h9,16-19,23-24H,2,5-8,10-13H2,1,3-4H3/t16-,17?,18?,19?,21+,22-/m0/s1. The molecule has 3 unspecified atom stereocenters. The van der Waals surface area contributed by atoms with Crippen LogP contribution in [-0.2, 0) is 9.53 Å². The quantitative estimate of drug-likeness (QED) is 0.531. The average Bonchev–Trinajstić information content (AvgIpc) is 3.06. The Morgan fingerprint density at radius 3 is 2.74 bits per heavy atom. The average molecular weight is 395 g/mol. The Morgan fingerprint density at radius 2 is 2.15 bits per heavy atom. The van der Waals surface area contributed by atoms with Crippen molar-refractivity contribution < 1.29 is 19.7 Å². The highest BCUT2D eigenvalue weighted by Gasteiger charge is 2.57. The first kappa shape index (κ1) is 20.9. The normalized spacial score (nSPS) is 40.3. The zero-order chi connectivity index (χ0) is 19.8. The van der Waals surface area contributed by atoms with Crippen LogP contribution in [0.15, 0.2) is 23.8 Å². The second-order valence-electron chi connectivity index (χ2n) is 8.96. The molecule has 5 heteroatoms. The lowest BCUT2D eigenvalue weighted by atomic mass is 9.46. The van der Waals surface area contributed by atoms with Gasteiger partial charge in [-0.1, -0.05) is 32.9 Å². The third-order valence-corrected chi connectivity index (χ3v) is 8.79. The van der Waals surface area contributed by atoms with Crippen molar-refractivity contribution in [2.75, 3.05) is 19.0 Å². The molecule has 0 saturated heterocycles. The van der Waals surface area contributed by atoms with Crippen molar-refractivity contribution in [1.82, 2.24) is 0 Å². The minimum absolute atomic E-state index is 0.0121. The number of hydrogen-bond donors (Lipinski definition) is 2. The molecular formula is C22H34O4S. The van der Waals surface area contributed by atoms with Crippen molar-refractivity contribution >= 4 is 17.7 Å². The van der Waals surface area contributed by atoms with E-state index >= 15 is 0 Å². The van der Waals surface area contributed by atoms with Gasteiger partial charge in [0.25, 0.3) is 0 Å². The summed E-state index contributed by atoms with van der Waals surface area (Å²) in [6.45, 7) is 11.3. The summed E-state index contributed by atoms with van der Waals surface area (Å²) in [7, 11) is 0. The monoisotopic (exact) mass is 394 g/mol. The van der Waals surface area contributed by atoms with Crippen LogP contribution in [0.2, 0.25) is 0 Å². The van der Waals surface area contributed by atoms with E-state index in [0.717, 1.165) is 37.0 Å². The molecule has 3 aliphatic rings. The van der Waals surface area contributed by atoms with Crippen molar-refractivity contribution in [2.45, 2.75) is 64.2 Å². The van der Waals surface area contributed by atoms with Crippen LogP contribution in [0.4, 0.5) is 0 Å². The van der Waals surface area contributed by atoms with E-state index in [4.69, 9.17) is 4.74 Å². The molecule has 0 aromatic carbocycles. The predicted molar refractivity (Wildman–Crippen MR) is 109 cm³/mol. The Bertz CT molecular complexity index is 630. The molecule has 152 valence electrons. The molecule has 27 heavy (non-hydrogen) atoms. The lowest BCUT2D eigenvalue weighted by molar-refractivity contribution is -0.152. The molecule has 1 heterocycles. The topological polar surface area (TPSA) is 66.8 Å². The van der Waals surface area contributed by atoms with Gasteiger partial charge in [0, 0.05) is 16.2 Å². The fourth-order valence-corrected chi connectivity index (χ4v) is 7.08. The molecule has 2 fully saturated rings. The number of hydrogen-bond acceptors (Lipinski definition) is 5.